The van der Waals surface area contributed by atoms with E-state index in [2.05, 4.69) is 60.4 Å². The summed E-state index contributed by atoms with van der Waals surface area (Å²) in [6, 6.07) is 0. The summed E-state index contributed by atoms with van der Waals surface area (Å²) < 4.78 is 0. The Morgan fingerprint density at radius 3 is 2.12 bits per heavy atom. The number of allylic oxidation sites excluding steroid dienone is 8. The summed E-state index contributed by atoms with van der Waals surface area (Å²) in [6.45, 7) is 0. The third kappa shape index (κ3) is 10.8. The molecule has 0 radical (unpaired) electrons. The normalized spacial score (nSPS) is 17.3. The van der Waals surface area contributed by atoms with Gasteiger partial charge in [0.1, 0.15) is 0 Å². The van der Waals surface area contributed by atoms with E-state index in [0.29, 0.717) is 17.1 Å². The SMILES string of the molecule is O=C([O-])CCCCC(CCSCC1C=CC=C1)SCC1C=CC=C1.[Na+]. The number of carboxylic acid groups (broad SMARTS) is 1. The van der Waals surface area contributed by atoms with Gasteiger partial charge >= 0.3 is 29.6 Å². The third-order valence-corrected chi connectivity index (χ3v) is 6.90. The van der Waals surface area contributed by atoms with Crippen molar-refractivity contribution in [3.05, 3.63) is 48.6 Å². The summed E-state index contributed by atoms with van der Waals surface area (Å²) in [6.07, 6.45) is 21.8. The van der Waals surface area contributed by atoms with E-state index in [9.17, 15) is 9.90 Å². The molecule has 0 fully saturated rings. The van der Waals surface area contributed by atoms with Gasteiger partial charge in [-0.25, -0.2) is 0 Å². The van der Waals surface area contributed by atoms with Crippen molar-refractivity contribution < 1.29 is 39.5 Å². The van der Waals surface area contributed by atoms with Crippen molar-refractivity contribution >= 4 is 29.5 Å². The molecule has 0 saturated carbocycles. The summed E-state index contributed by atoms with van der Waals surface area (Å²) in [4.78, 5) is 10.5. The molecule has 1 atom stereocenters. The number of carbonyl (C=O) groups excluding carboxylic acids is 1. The molecule has 0 saturated heterocycles. The Hall–Kier alpha value is 0.130. The topological polar surface area (TPSA) is 40.1 Å². The van der Waals surface area contributed by atoms with Gasteiger partial charge in [0.2, 0.25) is 0 Å². The summed E-state index contributed by atoms with van der Waals surface area (Å²) in [5.74, 6) is 3.75. The second-order valence-electron chi connectivity index (χ2n) is 6.30. The fraction of sp³-hybridized carbons (Fsp3) is 0.550. The first-order valence-electron chi connectivity index (χ1n) is 8.83. The van der Waals surface area contributed by atoms with Crippen LogP contribution in [-0.2, 0) is 4.79 Å². The molecule has 0 aromatic carbocycles. The monoisotopic (exact) mass is 386 g/mol. The van der Waals surface area contributed by atoms with E-state index in [-0.39, 0.29) is 36.0 Å². The fourth-order valence-electron chi connectivity index (χ4n) is 2.81. The van der Waals surface area contributed by atoms with Crippen molar-refractivity contribution in [2.45, 2.75) is 37.4 Å². The molecule has 2 aliphatic carbocycles. The largest absolute Gasteiger partial charge is 1.00 e. The van der Waals surface area contributed by atoms with Crippen LogP contribution in [-0.4, -0.2) is 28.5 Å². The van der Waals surface area contributed by atoms with E-state index >= 15 is 0 Å². The van der Waals surface area contributed by atoms with Crippen LogP contribution < -0.4 is 34.7 Å². The third-order valence-electron chi connectivity index (χ3n) is 4.23. The van der Waals surface area contributed by atoms with Gasteiger partial charge in [-0.1, -0.05) is 55.0 Å². The van der Waals surface area contributed by atoms with Crippen LogP contribution >= 0.6 is 23.5 Å². The van der Waals surface area contributed by atoms with Gasteiger partial charge in [0.05, 0.1) is 0 Å². The molecule has 2 nitrogen and oxygen atoms in total. The first kappa shape index (κ1) is 23.2. The first-order chi connectivity index (χ1) is 11.7. The predicted molar refractivity (Wildman–Crippen MR) is 105 cm³/mol. The molecule has 25 heavy (non-hydrogen) atoms. The summed E-state index contributed by atoms with van der Waals surface area (Å²) in [7, 11) is 0. The molecule has 0 aromatic heterocycles. The zero-order chi connectivity index (χ0) is 17.0. The fourth-order valence-corrected chi connectivity index (χ4v) is 5.41. The summed E-state index contributed by atoms with van der Waals surface area (Å²) >= 11 is 4.09. The van der Waals surface area contributed by atoms with Crippen molar-refractivity contribution in [1.29, 1.82) is 0 Å². The van der Waals surface area contributed by atoms with Crippen LogP contribution in [0.25, 0.3) is 0 Å². The maximum Gasteiger partial charge on any atom is 1.00 e. The molecule has 5 heteroatoms. The molecule has 0 aromatic rings. The van der Waals surface area contributed by atoms with Crippen LogP contribution in [0.4, 0.5) is 0 Å². The molecular formula is C20H27NaO2S2. The number of rotatable bonds is 13. The molecule has 0 aliphatic heterocycles. The van der Waals surface area contributed by atoms with Crippen LogP contribution in [0.3, 0.4) is 0 Å². The molecule has 0 amide bonds. The first-order valence-corrected chi connectivity index (χ1v) is 11.0. The molecule has 132 valence electrons. The van der Waals surface area contributed by atoms with Crippen LogP contribution in [0, 0.1) is 11.8 Å². The number of hydrogen-bond acceptors (Lipinski definition) is 4. The molecular weight excluding hydrogens is 359 g/mol. The maximum atomic E-state index is 10.5. The van der Waals surface area contributed by atoms with Gasteiger partial charge in [-0.15, -0.1) is 0 Å². The smallest absolute Gasteiger partial charge is 0.550 e. The van der Waals surface area contributed by atoms with Gasteiger partial charge in [0, 0.05) is 34.6 Å². The Morgan fingerprint density at radius 2 is 1.52 bits per heavy atom. The van der Waals surface area contributed by atoms with Gasteiger partial charge < -0.3 is 9.90 Å². The minimum Gasteiger partial charge on any atom is -0.550 e. The van der Waals surface area contributed by atoms with Gasteiger partial charge in [0.15, 0.2) is 0 Å². The zero-order valence-electron chi connectivity index (χ0n) is 15.1. The van der Waals surface area contributed by atoms with E-state index in [1.165, 1.54) is 17.9 Å². The second-order valence-corrected chi connectivity index (χ2v) is 8.79. The van der Waals surface area contributed by atoms with Crippen molar-refractivity contribution in [2.75, 3.05) is 17.3 Å². The quantitative estimate of drug-likeness (QED) is 0.350. The van der Waals surface area contributed by atoms with E-state index in [0.717, 1.165) is 25.0 Å². The standard InChI is InChI=1S/C20H28O2S2.Na/c21-20(22)12-6-5-11-19(24-16-18-9-3-4-10-18)13-14-23-15-17-7-1-2-8-17;/h1-4,7-10,17-19H,5-6,11-16H2,(H,21,22);/q;+1/p-1. The number of unbranched alkanes of at least 4 members (excludes halogenated alkanes) is 1. The van der Waals surface area contributed by atoms with Crippen molar-refractivity contribution in [2.24, 2.45) is 11.8 Å². The number of carbonyl (C=O) groups is 1. The summed E-state index contributed by atoms with van der Waals surface area (Å²) in [5.41, 5.74) is 0. The molecule has 2 rings (SSSR count). The van der Waals surface area contributed by atoms with Crippen LogP contribution in [0.15, 0.2) is 48.6 Å². The van der Waals surface area contributed by atoms with Crippen LogP contribution in [0.1, 0.15) is 32.1 Å². The van der Waals surface area contributed by atoms with Crippen LogP contribution in [0.5, 0.6) is 0 Å². The Labute approximate surface area is 183 Å². The van der Waals surface area contributed by atoms with E-state index < -0.39 is 5.97 Å². The minimum atomic E-state index is -0.923. The Balaban J connectivity index is 0.00000312. The Kier molecular flexibility index (Phi) is 13.2. The van der Waals surface area contributed by atoms with E-state index in [4.69, 9.17) is 0 Å². The van der Waals surface area contributed by atoms with Gasteiger partial charge in [-0.05, 0) is 31.4 Å². The average molecular weight is 387 g/mol. The molecule has 1 unspecified atom stereocenters. The maximum absolute atomic E-state index is 10.5. The molecule has 0 heterocycles. The summed E-state index contributed by atoms with van der Waals surface area (Å²) in [5, 5.41) is 11.2. The number of aliphatic carboxylic acids is 1. The minimum absolute atomic E-state index is 0. The van der Waals surface area contributed by atoms with Crippen molar-refractivity contribution in [1.82, 2.24) is 0 Å². The van der Waals surface area contributed by atoms with Crippen LogP contribution in [0.2, 0.25) is 0 Å². The van der Waals surface area contributed by atoms with Crippen molar-refractivity contribution in [3.8, 4) is 0 Å². The second kappa shape index (κ2) is 14.2. The van der Waals surface area contributed by atoms with E-state index in [1.807, 2.05) is 11.8 Å². The average Bonchev–Trinajstić information content (AvgIpc) is 3.25. The molecule has 2 aliphatic rings. The Morgan fingerprint density at radius 1 is 0.920 bits per heavy atom. The number of hydrogen-bond donors (Lipinski definition) is 0. The van der Waals surface area contributed by atoms with Gasteiger partial charge in [-0.2, -0.15) is 23.5 Å². The predicted octanol–water partition coefficient (Wildman–Crippen LogP) is 1.01. The van der Waals surface area contributed by atoms with E-state index in [1.54, 1.807) is 0 Å². The van der Waals surface area contributed by atoms with Gasteiger partial charge in [0.25, 0.3) is 0 Å². The van der Waals surface area contributed by atoms with Crippen molar-refractivity contribution in [3.63, 3.8) is 0 Å². The molecule has 0 N–H and O–H groups in total. The number of thioether (sulfide) groups is 2. The molecule has 0 spiro atoms. The molecule has 0 bridgehead atoms. The number of carboxylic acids is 1. The zero-order valence-corrected chi connectivity index (χ0v) is 18.8. The Bertz CT molecular complexity index is 476. The van der Waals surface area contributed by atoms with Gasteiger partial charge in [-0.3, -0.25) is 0 Å².